The molecule has 3 rings (SSSR count). The second-order valence-electron chi connectivity index (χ2n) is 4.79. The number of hydrogen-bond acceptors (Lipinski definition) is 7. The van der Waals surface area contributed by atoms with E-state index in [2.05, 4.69) is 15.2 Å². The second kappa shape index (κ2) is 6.50. The molecule has 0 saturated heterocycles. The highest BCUT2D eigenvalue weighted by Crippen LogP contribution is 2.28. The van der Waals surface area contributed by atoms with Crippen LogP contribution in [0.5, 0.6) is 0 Å². The van der Waals surface area contributed by atoms with Gasteiger partial charge in [0.05, 0.1) is 4.92 Å². The van der Waals surface area contributed by atoms with Gasteiger partial charge in [0.25, 0.3) is 11.6 Å². The van der Waals surface area contributed by atoms with E-state index in [1.165, 1.54) is 40.5 Å². The van der Waals surface area contributed by atoms with Crippen LogP contribution in [0.25, 0.3) is 10.6 Å². The van der Waals surface area contributed by atoms with E-state index in [0.717, 1.165) is 5.56 Å². The summed E-state index contributed by atoms with van der Waals surface area (Å²) < 4.78 is 0. The third-order valence-corrected chi connectivity index (χ3v) is 4.31. The van der Waals surface area contributed by atoms with Gasteiger partial charge in [0.2, 0.25) is 5.13 Å². The Kier molecular flexibility index (Phi) is 4.25. The number of hydrogen-bond donors (Lipinski definition) is 0. The van der Waals surface area contributed by atoms with Gasteiger partial charge in [-0.2, -0.15) is 0 Å². The van der Waals surface area contributed by atoms with Crippen LogP contribution in [0.3, 0.4) is 0 Å². The van der Waals surface area contributed by atoms with Crippen LogP contribution in [0, 0.1) is 10.1 Å². The first-order valence-corrected chi connectivity index (χ1v) is 7.64. The van der Waals surface area contributed by atoms with Crippen molar-refractivity contribution in [1.29, 1.82) is 0 Å². The van der Waals surface area contributed by atoms with Crippen LogP contribution in [0.2, 0.25) is 0 Å². The Morgan fingerprint density at radius 1 is 1.12 bits per heavy atom. The molecule has 8 nitrogen and oxygen atoms in total. The summed E-state index contributed by atoms with van der Waals surface area (Å²) in [5.41, 5.74) is 1.14. The maximum Gasteiger partial charge on any atom is 0.269 e. The van der Waals surface area contributed by atoms with Crippen LogP contribution < -0.4 is 4.90 Å². The highest BCUT2D eigenvalue weighted by Gasteiger charge is 2.19. The molecular formula is C15H11N5O3S. The highest BCUT2D eigenvalue weighted by atomic mass is 32.1. The summed E-state index contributed by atoms with van der Waals surface area (Å²) in [6.45, 7) is 0. The Balaban J connectivity index is 1.81. The van der Waals surface area contributed by atoms with Crippen molar-refractivity contribution in [3.8, 4) is 10.6 Å². The van der Waals surface area contributed by atoms with Crippen molar-refractivity contribution in [2.45, 2.75) is 0 Å². The number of aromatic nitrogens is 3. The highest BCUT2D eigenvalue weighted by molar-refractivity contribution is 7.18. The van der Waals surface area contributed by atoms with Crippen molar-refractivity contribution >= 4 is 28.1 Å². The molecule has 3 aromatic rings. The van der Waals surface area contributed by atoms with Crippen molar-refractivity contribution in [2.75, 3.05) is 11.9 Å². The molecule has 1 amide bonds. The van der Waals surface area contributed by atoms with E-state index >= 15 is 0 Å². The van der Waals surface area contributed by atoms with E-state index in [9.17, 15) is 14.9 Å². The monoisotopic (exact) mass is 341 g/mol. The fourth-order valence-electron chi connectivity index (χ4n) is 1.97. The van der Waals surface area contributed by atoms with Gasteiger partial charge in [-0.1, -0.05) is 11.3 Å². The average Bonchev–Trinajstić information content (AvgIpc) is 3.11. The molecule has 0 atom stereocenters. The molecule has 2 heterocycles. The van der Waals surface area contributed by atoms with Crippen molar-refractivity contribution < 1.29 is 9.72 Å². The zero-order valence-electron chi connectivity index (χ0n) is 12.5. The summed E-state index contributed by atoms with van der Waals surface area (Å²) in [4.78, 5) is 27.9. The first-order valence-electron chi connectivity index (χ1n) is 6.82. The first-order chi connectivity index (χ1) is 11.6. The number of non-ortho nitro benzene ring substituents is 1. The van der Waals surface area contributed by atoms with Crippen LogP contribution in [-0.4, -0.2) is 33.1 Å². The van der Waals surface area contributed by atoms with Crippen LogP contribution in [0.4, 0.5) is 10.8 Å². The Bertz CT molecular complexity index is 880. The Morgan fingerprint density at radius 2 is 1.79 bits per heavy atom. The molecule has 0 radical (unpaired) electrons. The van der Waals surface area contributed by atoms with Gasteiger partial charge in [0.1, 0.15) is 5.01 Å². The van der Waals surface area contributed by atoms with Crippen molar-refractivity contribution in [1.82, 2.24) is 15.2 Å². The van der Waals surface area contributed by atoms with Gasteiger partial charge in [-0.05, 0) is 24.3 Å². The first kappa shape index (κ1) is 15.7. The van der Waals surface area contributed by atoms with E-state index < -0.39 is 4.92 Å². The topological polar surface area (TPSA) is 102 Å². The average molecular weight is 341 g/mol. The zero-order chi connectivity index (χ0) is 17.1. The maximum absolute atomic E-state index is 12.5. The third-order valence-electron chi connectivity index (χ3n) is 3.26. The maximum atomic E-state index is 12.5. The van der Waals surface area contributed by atoms with Crippen LogP contribution in [0.15, 0.2) is 48.8 Å². The number of nitro groups is 1. The number of nitro benzene ring substituents is 1. The lowest BCUT2D eigenvalue weighted by Crippen LogP contribution is -2.26. The lowest BCUT2D eigenvalue weighted by atomic mass is 10.2. The molecule has 0 saturated carbocycles. The normalized spacial score (nSPS) is 10.4. The van der Waals surface area contributed by atoms with E-state index in [1.54, 1.807) is 19.4 Å². The Labute approximate surface area is 140 Å². The molecule has 2 aromatic heterocycles. The summed E-state index contributed by atoms with van der Waals surface area (Å²) in [6.07, 6.45) is 3.31. The van der Waals surface area contributed by atoms with E-state index in [4.69, 9.17) is 0 Å². The SMILES string of the molecule is CN(C(=O)c1ccc([N+](=O)[O-])cc1)c1nnc(-c2ccncc2)s1. The predicted molar refractivity (Wildman–Crippen MR) is 89.0 cm³/mol. The lowest BCUT2D eigenvalue weighted by Gasteiger charge is -2.12. The minimum Gasteiger partial charge on any atom is -0.286 e. The number of nitrogens with zero attached hydrogens (tertiary/aromatic N) is 5. The molecular weight excluding hydrogens is 330 g/mol. The van der Waals surface area contributed by atoms with Crippen molar-refractivity contribution in [3.63, 3.8) is 0 Å². The summed E-state index contributed by atoms with van der Waals surface area (Å²) >= 11 is 1.27. The number of carbonyl (C=O) groups excluding carboxylic acids is 1. The Hall–Kier alpha value is -3.20. The van der Waals surface area contributed by atoms with Gasteiger partial charge in [-0.3, -0.25) is 24.8 Å². The van der Waals surface area contributed by atoms with Crippen LogP contribution in [0.1, 0.15) is 10.4 Å². The fourth-order valence-corrected chi connectivity index (χ4v) is 2.78. The second-order valence-corrected chi connectivity index (χ2v) is 5.75. The summed E-state index contributed by atoms with van der Waals surface area (Å²) in [5, 5.41) is 19.9. The molecule has 0 unspecified atom stereocenters. The summed E-state index contributed by atoms with van der Waals surface area (Å²) in [6, 6.07) is 9.04. The number of rotatable bonds is 4. The van der Waals surface area contributed by atoms with Gasteiger partial charge in [0, 0.05) is 42.7 Å². The van der Waals surface area contributed by atoms with Crippen molar-refractivity contribution in [2.24, 2.45) is 0 Å². The van der Waals surface area contributed by atoms with Crippen LogP contribution >= 0.6 is 11.3 Å². The molecule has 1 aromatic carbocycles. The van der Waals surface area contributed by atoms with Gasteiger partial charge in [-0.15, -0.1) is 10.2 Å². The summed E-state index contributed by atoms with van der Waals surface area (Å²) in [5.74, 6) is -0.317. The molecule has 120 valence electrons. The number of amides is 1. The largest absolute Gasteiger partial charge is 0.286 e. The number of benzene rings is 1. The zero-order valence-corrected chi connectivity index (χ0v) is 13.3. The Morgan fingerprint density at radius 3 is 2.42 bits per heavy atom. The number of carbonyl (C=O) groups is 1. The molecule has 0 aliphatic heterocycles. The lowest BCUT2D eigenvalue weighted by molar-refractivity contribution is -0.384. The molecule has 0 aliphatic carbocycles. The van der Waals surface area contributed by atoms with Gasteiger partial charge in [0.15, 0.2) is 0 Å². The molecule has 0 fully saturated rings. The predicted octanol–water partition coefficient (Wildman–Crippen LogP) is 2.78. The standard InChI is InChI=1S/C15H11N5O3S/c1-19(14(21)11-2-4-12(5-3-11)20(22)23)15-18-17-13(24-15)10-6-8-16-9-7-10/h2-9H,1H3. The summed E-state index contributed by atoms with van der Waals surface area (Å²) in [7, 11) is 1.58. The van der Waals surface area contributed by atoms with Gasteiger partial charge >= 0.3 is 0 Å². The minimum absolute atomic E-state index is 0.0647. The molecule has 0 spiro atoms. The number of pyridine rings is 1. The third kappa shape index (κ3) is 3.10. The molecule has 24 heavy (non-hydrogen) atoms. The smallest absolute Gasteiger partial charge is 0.269 e. The van der Waals surface area contributed by atoms with Crippen molar-refractivity contribution in [3.05, 3.63) is 64.5 Å². The van der Waals surface area contributed by atoms with Crippen LogP contribution in [-0.2, 0) is 0 Å². The van der Waals surface area contributed by atoms with E-state index in [1.807, 2.05) is 12.1 Å². The molecule has 9 heteroatoms. The minimum atomic E-state index is -0.510. The van der Waals surface area contributed by atoms with E-state index in [0.29, 0.717) is 15.7 Å². The fraction of sp³-hybridized carbons (Fsp3) is 0.0667. The van der Waals surface area contributed by atoms with E-state index in [-0.39, 0.29) is 11.6 Å². The van der Waals surface area contributed by atoms with Gasteiger partial charge < -0.3 is 0 Å². The number of anilines is 1. The molecule has 0 bridgehead atoms. The molecule has 0 aliphatic rings. The van der Waals surface area contributed by atoms with Gasteiger partial charge in [-0.25, -0.2) is 0 Å². The quantitative estimate of drug-likeness (QED) is 0.534. The molecule has 0 N–H and O–H groups in total.